The van der Waals surface area contributed by atoms with Crippen molar-refractivity contribution in [3.05, 3.63) is 58.6 Å². The van der Waals surface area contributed by atoms with Crippen molar-refractivity contribution < 1.29 is 9.32 Å². The smallest absolute Gasteiger partial charge is 0.227 e. The lowest BCUT2D eigenvalue weighted by Gasteiger charge is -2.42. The summed E-state index contributed by atoms with van der Waals surface area (Å²) in [4.78, 5) is 16.6. The fourth-order valence-corrected chi connectivity index (χ4v) is 4.04. The van der Waals surface area contributed by atoms with E-state index >= 15 is 0 Å². The molecule has 2 aromatic heterocycles. The van der Waals surface area contributed by atoms with Crippen molar-refractivity contribution in [2.75, 3.05) is 6.54 Å². The molecule has 1 amide bonds. The lowest BCUT2D eigenvalue weighted by Crippen LogP contribution is -2.45. The monoisotopic (exact) mass is 367 g/mol. The maximum Gasteiger partial charge on any atom is 0.227 e. The SMILES string of the molecule is O=C(CCc1nc(-c2ccsc2)no1)NCC1(c2ccccc2)CCC1. The number of carbonyl (C=O) groups excluding carboxylic acids is 1. The summed E-state index contributed by atoms with van der Waals surface area (Å²) in [5.41, 5.74) is 2.38. The number of benzene rings is 1. The van der Waals surface area contributed by atoms with Crippen LogP contribution in [0.2, 0.25) is 0 Å². The second-order valence-corrected chi connectivity index (χ2v) is 7.58. The van der Waals surface area contributed by atoms with E-state index in [1.807, 2.05) is 22.9 Å². The normalized spacial score (nSPS) is 15.4. The lowest BCUT2D eigenvalue weighted by atomic mass is 9.64. The summed E-state index contributed by atoms with van der Waals surface area (Å²) in [6.07, 6.45) is 4.30. The van der Waals surface area contributed by atoms with Crippen LogP contribution in [-0.2, 0) is 16.6 Å². The van der Waals surface area contributed by atoms with E-state index in [1.54, 1.807) is 11.3 Å². The Bertz CT molecular complexity index is 854. The van der Waals surface area contributed by atoms with Gasteiger partial charge in [-0.25, -0.2) is 0 Å². The van der Waals surface area contributed by atoms with E-state index in [0.29, 0.717) is 31.1 Å². The highest BCUT2D eigenvalue weighted by molar-refractivity contribution is 7.08. The van der Waals surface area contributed by atoms with Crippen LogP contribution < -0.4 is 5.32 Å². The molecule has 0 bridgehead atoms. The molecule has 0 atom stereocenters. The van der Waals surface area contributed by atoms with Crippen molar-refractivity contribution >= 4 is 17.2 Å². The topological polar surface area (TPSA) is 68.0 Å². The van der Waals surface area contributed by atoms with E-state index in [1.165, 1.54) is 12.0 Å². The highest BCUT2D eigenvalue weighted by atomic mass is 32.1. The molecule has 1 aliphatic carbocycles. The molecule has 1 aromatic carbocycles. The quantitative estimate of drug-likeness (QED) is 0.686. The van der Waals surface area contributed by atoms with E-state index in [9.17, 15) is 4.79 Å². The summed E-state index contributed by atoms with van der Waals surface area (Å²) in [5.74, 6) is 1.12. The number of aryl methyl sites for hydroxylation is 1. The first kappa shape index (κ1) is 17.0. The van der Waals surface area contributed by atoms with Gasteiger partial charge in [0.1, 0.15) is 0 Å². The zero-order valence-corrected chi connectivity index (χ0v) is 15.3. The van der Waals surface area contributed by atoms with Crippen LogP contribution in [0.3, 0.4) is 0 Å². The van der Waals surface area contributed by atoms with Crippen molar-refractivity contribution in [2.24, 2.45) is 0 Å². The van der Waals surface area contributed by atoms with Gasteiger partial charge in [-0.1, -0.05) is 41.9 Å². The predicted molar refractivity (Wildman–Crippen MR) is 101 cm³/mol. The third-order valence-corrected chi connectivity index (χ3v) is 5.82. The fourth-order valence-electron chi connectivity index (χ4n) is 3.40. The van der Waals surface area contributed by atoms with Gasteiger partial charge in [0.25, 0.3) is 0 Å². The Kier molecular flexibility index (Phi) is 4.84. The Morgan fingerprint density at radius 2 is 2.08 bits per heavy atom. The second-order valence-electron chi connectivity index (χ2n) is 6.80. The van der Waals surface area contributed by atoms with E-state index < -0.39 is 0 Å². The first-order chi connectivity index (χ1) is 12.8. The van der Waals surface area contributed by atoms with E-state index in [2.05, 4.69) is 39.7 Å². The van der Waals surface area contributed by atoms with Gasteiger partial charge < -0.3 is 9.84 Å². The van der Waals surface area contributed by atoms with Gasteiger partial charge in [-0.2, -0.15) is 16.3 Å². The number of aromatic nitrogens is 2. The van der Waals surface area contributed by atoms with Gasteiger partial charge in [-0.3, -0.25) is 4.79 Å². The van der Waals surface area contributed by atoms with Crippen LogP contribution in [0.15, 0.2) is 51.7 Å². The molecule has 1 aliphatic rings. The van der Waals surface area contributed by atoms with Crippen molar-refractivity contribution in [2.45, 2.75) is 37.5 Å². The van der Waals surface area contributed by atoms with Crippen LogP contribution in [-0.4, -0.2) is 22.6 Å². The molecular weight excluding hydrogens is 346 g/mol. The first-order valence-corrected chi connectivity index (χ1v) is 9.87. The van der Waals surface area contributed by atoms with Crippen molar-refractivity contribution in [3.8, 4) is 11.4 Å². The van der Waals surface area contributed by atoms with Gasteiger partial charge in [0.15, 0.2) is 0 Å². The van der Waals surface area contributed by atoms with Gasteiger partial charge in [0, 0.05) is 35.7 Å². The average Bonchev–Trinajstić information content (AvgIpc) is 3.31. The minimum absolute atomic E-state index is 0.0301. The maximum atomic E-state index is 12.3. The molecule has 4 rings (SSSR count). The number of thiophene rings is 1. The Labute approximate surface area is 156 Å². The van der Waals surface area contributed by atoms with Crippen LogP contribution in [0.5, 0.6) is 0 Å². The summed E-state index contributed by atoms with van der Waals surface area (Å²) in [7, 11) is 0. The number of hydrogen-bond acceptors (Lipinski definition) is 5. The summed E-state index contributed by atoms with van der Waals surface area (Å²) < 4.78 is 5.25. The van der Waals surface area contributed by atoms with Gasteiger partial charge >= 0.3 is 0 Å². The van der Waals surface area contributed by atoms with Gasteiger partial charge in [-0.15, -0.1) is 0 Å². The Hall–Kier alpha value is -2.47. The van der Waals surface area contributed by atoms with Crippen molar-refractivity contribution in [1.29, 1.82) is 0 Å². The molecule has 0 unspecified atom stereocenters. The summed E-state index contributed by atoms with van der Waals surface area (Å²) in [6.45, 7) is 0.694. The molecule has 1 fully saturated rings. The Balaban J connectivity index is 1.29. The van der Waals surface area contributed by atoms with Crippen LogP contribution in [0, 0.1) is 0 Å². The minimum atomic E-state index is 0.0301. The van der Waals surface area contributed by atoms with Crippen LogP contribution in [0.4, 0.5) is 0 Å². The van der Waals surface area contributed by atoms with Crippen LogP contribution >= 0.6 is 11.3 Å². The number of nitrogens with one attached hydrogen (secondary N) is 1. The summed E-state index contributed by atoms with van der Waals surface area (Å²) in [6, 6.07) is 12.4. The van der Waals surface area contributed by atoms with Gasteiger partial charge in [-0.05, 0) is 29.9 Å². The van der Waals surface area contributed by atoms with Crippen molar-refractivity contribution in [1.82, 2.24) is 15.5 Å². The largest absolute Gasteiger partial charge is 0.355 e. The van der Waals surface area contributed by atoms with E-state index in [4.69, 9.17) is 4.52 Å². The van der Waals surface area contributed by atoms with E-state index in [-0.39, 0.29) is 11.3 Å². The molecule has 2 heterocycles. The third kappa shape index (κ3) is 3.55. The molecule has 0 spiro atoms. The van der Waals surface area contributed by atoms with Gasteiger partial charge in [0.2, 0.25) is 17.6 Å². The Morgan fingerprint density at radius 3 is 2.77 bits per heavy atom. The molecule has 0 radical (unpaired) electrons. The summed E-state index contributed by atoms with van der Waals surface area (Å²) in [5, 5.41) is 11.0. The standard InChI is InChI=1S/C20H21N3O2S/c24-17(7-8-18-22-19(23-25-18)15-9-12-26-13-15)21-14-20(10-4-11-20)16-5-2-1-3-6-16/h1-3,5-6,9,12-13H,4,7-8,10-11,14H2,(H,21,24). The van der Waals surface area contributed by atoms with E-state index in [0.717, 1.165) is 18.4 Å². The molecular formula is C20H21N3O2S. The number of rotatable bonds is 7. The molecule has 1 saturated carbocycles. The number of hydrogen-bond donors (Lipinski definition) is 1. The van der Waals surface area contributed by atoms with Crippen LogP contribution in [0.1, 0.15) is 37.1 Å². The number of amides is 1. The first-order valence-electron chi connectivity index (χ1n) is 8.93. The molecule has 0 aliphatic heterocycles. The zero-order chi connectivity index (χ0) is 17.8. The average molecular weight is 367 g/mol. The molecule has 3 aromatic rings. The maximum absolute atomic E-state index is 12.3. The highest BCUT2D eigenvalue weighted by Crippen LogP contribution is 2.43. The molecule has 5 nitrogen and oxygen atoms in total. The molecule has 6 heteroatoms. The zero-order valence-electron chi connectivity index (χ0n) is 14.5. The summed E-state index contributed by atoms with van der Waals surface area (Å²) >= 11 is 1.59. The molecule has 134 valence electrons. The fraction of sp³-hybridized carbons (Fsp3) is 0.350. The molecule has 0 saturated heterocycles. The second kappa shape index (κ2) is 7.41. The van der Waals surface area contributed by atoms with Crippen LogP contribution in [0.25, 0.3) is 11.4 Å². The number of nitrogens with zero attached hydrogens (tertiary/aromatic N) is 2. The third-order valence-electron chi connectivity index (χ3n) is 5.13. The minimum Gasteiger partial charge on any atom is -0.355 e. The lowest BCUT2D eigenvalue weighted by molar-refractivity contribution is -0.121. The highest BCUT2D eigenvalue weighted by Gasteiger charge is 2.38. The van der Waals surface area contributed by atoms with Crippen molar-refractivity contribution in [3.63, 3.8) is 0 Å². The molecule has 1 N–H and O–H groups in total. The number of carbonyl (C=O) groups is 1. The predicted octanol–water partition coefficient (Wildman–Crippen LogP) is 3.97. The molecule has 26 heavy (non-hydrogen) atoms. The van der Waals surface area contributed by atoms with Gasteiger partial charge in [0.05, 0.1) is 0 Å². The Morgan fingerprint density at radius 1 is 1.23 bits per heavy atom.